The molecule has 0 aromatic heterocycles. The lowest BCUT2D eigenvalue weighted by molar-refractivity contribution is -0.139. The monoisotopic (exact) mass is 248 g/mol. The molecular weight excluding hydrogens is 228 g/mol. The van der Waals surface area contributed by atoms with Crippen LogP contribution in [0.5, 0.6) is 0 Å². The number of carboxylic acid groups (broad SMARTS) is 1. The zero-order chi connectivity index (χ0) is 13.0. The summed E-state index contributed by atoms with van der Waals surface area (Å²) in [6.45, 7) is 3.36. The van der Waals surface area contributed by atoms with Gasteiger partial charge in [-0.05, 0) is 31.9 Å². The molecule has 0 amide bonds. The first-order chi connectivity index (χ1) is 8.70. The number of hydrogen-bond donors (Lipinski definition) is 2. The number of para-hydroxylation sites is 1. The minimum absolute atomic E-state index is 0.403. The Hall–Kier alpha value is -1.55. The second-order valence-corrected chi connectivity index (χ2v) is 4.71. The number of carboxylic acids is 1. The van der Waals surface area contributed by atoms with Crippen molar-refractivity contribution in [2.45, 2.75) is 31.8 Å². The molecule has 1 aromatic carbocycles. The Morgan fingerprint density at radius 1 is 1.44 bits per heavy atom. The molecule has 1 saturated carbocycles. The third-order valence-electron chi connectivity index (χ3n) is 3.22. The number of aliphatic carboxylic acids is 1. The van der Waals surface area contributed by atoms with Crippen LogP contribution >= 0.6 is 0 Å². The lowest BCUT2D eigenvalue weighted by Crippen LogP contribution is -2.47. The summed E-state index contributed by atoms with van der Waals surface area (Å²) in [5.41, 5.74) is 1.07. The van der Waals surface area contributed by atoms with Crippen molar-refractivity contribution < 1.29 is 9.90 Å². The molecule has 1 atom stereocenters. The van der Waals surface area contributed by atoms with Crippen LogP contribution in [-0.4, -0.2) is 36.2 Å². The van der Waals surface area contributed by atoms with Crippen LogP contribution in [0.1, 0.15) is 19.8 Å². The van der Waals surface area contributed by atoms with Gasteiger partial charge in [-0.25, -0.2) is 0 Å². The third-order valence-corrected chi connectivity index (χ3v) is 3.22. The minimum Gasteiger partial charge on any atom is -0.480 e. The molecule has 1 aliphatic rings. The van der Waals surface area contributed by atoms with Gasteiger partial charge in [0.15, 0.2) is 0 Å². The predicted octanol–water partition coefficient (Wildman–Crippen LogP) is 1.72. The molecule has 0 bridgehead atoms. The molecule has 4 heteroatoms. The van der Waals surface area contributed by atoms with Gasteiger partial charge >= 0.3 is 5.97 Å². The summed E-state index contributed by atoms with van der Waals surface area (Å²) < 4.78 is 0. The molecule has 0 saturated heterocycles. The van der Waals surface area contributed by atoms with E-state index in [1.807, 2.05) is 37.3 Å². The van der Waals surface area contributed by atoms with Gasteiger partial charge in [-0.1, -0.05) is 18.2 Å². The Morgan fingerprint density at radius 2 is 2.11 bits per heavy atom. The molecule has 4 nitrogen and oxygen atoms in total. The number of rotatable bonds is 7. The minimum atomic E-state index is -0.767. The van der Waals surface area contributed by atoms with Crippen LogP contribution in [0.25, 0.3) is 0 Å². The van der Waals surface area contributed by atoms with Crippen molar-refractivity contribution in [1.82, 2.24) is 5.32 Å². The van der Waals surface area contributed by atoms with E-state index in [9.17, 15) is 9.90 Å². The first-order valence-electron chi connectivity index (χ1n) is 6.49. The van der Waals surface area contributed by atoms with E-state index in [0.29, 0.717) is 12.6 Å². The van der Waals surface area contributed by atoms with Crippen molar-refractivity contribution in [3.05, 3.63) is 30.3 Å². The quantitative estimate of drug-likeness (QED) is 0.771. The van der Waals surface area contributed by atoms with E-state index in [1.165, 1.54) is 0 Å². The van der Waals surface area contributed by atoms with Crippen molar-refractivity contribution in [3.63, 3.8) is 0 Å². The topological polar surface area (TPSA) is 52.6 Å². The molecule has 0 heterocycles. The summed E-state index contributed by atoms with van der Waals surface area (Å²) >= 11 is 0. The predicted molar refractivity (Wildman–Crippen MR) is 71.9 cm³/mol. The highest BCUT2D eigenvalue weighted by molar-refractivity contribution is 5.74. The molecule has 98 valence electrons. The summed E-state index contributed by atoms with van der Waals surface area (Å²) in [4.78, 5) is 13.3. The van der Waals surface area contributed by atoms with Crippen molar-refractivity contribution in [2.24, 2.45) is 0 Å². The van der Waals surface area contributed by atoms with Crippen LogP contribution in [0.4, 0.5) is 5.69 Å². The van der Waals surface area contributed by atoms with Crippen LogP contribution in [0.15, 0.2) is 30.3 Å². The standard InChI is InChI=1S/C14H20N2O2/c1-2-16(12-6-4-3-5-7-12)10-13(14(17)18)15-11-8-9-11/h3-7,11,13,15H,2,8-10H2,1H3,(H,17,18). The maximum Gasteiger partial charge on any atom is 0.322 e. The van der Waals surface area contributed by atoms with E-state index in [1.54, 1.807) is 0 Å². The second-order valence-electron chi connectivity index (χ2n) is 4.71. The van der Waals surface area contributed by atoms with Gasteiger partial charge in [0.05, 0.1) is 0 Å². The Morgan fingerprint density at radius 3 is 2.61 bits per heavy atom. The summed E-state index contributed by atoms with van der Waals surface area (Å²) in [7, 11) is 0. The van der Waals surface area contributed by atoms with Gasteiger partial charge in [0.25, 0.3) is 0 Å². The van der Waals surface area contributed by atoms with Gasteiger partial charge < -0.3 is 15.3 Å². The van der Waals surface area contributed by atoms with E-state index in [4.69, 9.17) is 0 Å². The van der Waals surface area contributed by atoms with Crippen molar-refractivity contribution in [1.29, 1.82) is 0 Å². The lowest BCUT2D eigenvalue weighted by atomic mass is 10.2. The first kappa shape index (κ1) is 12.9. The Kier molecular flexibility index (Phi) is 4.20. The van der Waals surface area contributed by atoms with Crippen LogP contribution in [-0.2, 0) is 4.79 Å². The van der Waals surface area contributed by atoms with E-state index in [0.717, 1.165) is 25.1 Å². The molecule has 2 N–H and O–H groups in total. The van der Waals surface area contributed by atoms with Crippen molar-refractivity contribution in [2.75, 3.05) is 18.0 Å². The van der Waals surface area contributed by atoms with Gasteiger partial charge in [-0.3, -0.25) is 4.79 Å². The van der Waals surface area contributed by atoms with Gasteiger partial charge in [-0.2, -0.15) is 0 Å². The number of hydrogen-bond acceptors (Lipinski definition) is 3. The number of nitrogens with zero attached hydrogens (tertiary/aromatic N) is 1. The Labute approximate surface area is 108 Å². The SMILES string of the molecule is CCN(CC(NC1CC1)C(=O)O)c1ccccc1. The maximum atomic E-state index is 11.3. The van der Waals surface area contributed by atoms with Crippen LogP contribution in [0.3, 0.4) is 0 Å². The first-order valence-corrected chi connectivity index (χ1v) is 6.49. The van der Waals surface area contributed by atoms with Crippen molar-refractivity contribution >= 4 is 11.7 Å². The molecule has 2 rings (SSSR count). The van der Waals surface area contributed by atoms with E-state index >= 15 is 0 Å². The highest BCUT2D eigenvalue weighted by Crippen LogP contribution is 2.20. The summed E-state index contributed by atoms with van der Waals surface area (Å²) in [5, 5.41) is 12.4. The summed E-state index contributed by atoms with van der Waals surface area (Å²) in [5.74, 6) is -0.767. The lowest BCUT2D eigenvalue weighted by Gasteiger charge is -2.27. The second kappa shape index (κ2) is 5.87. The van der Waals surface area contributed by atoms with Crippen molar-refractivity contribution in [3.8, 4) is 0 Å². The molecular formula is C14H20N2O2. The van der Waals surface area contributed by atoms with Crippen LogP contribution in [0, 0.1) is 0 Å². The van der Waals surface area contributed by atoms with E-state index in [2.05, 4.69) is 10.2 Å². The van der Waals surface area contributed by atoms with Gasteiger partial charge in [0.2, 0.25) is 0 Å². The van der Waals surface area contributed by atoms with Gasteiger partial charge in [-0.15, -0.1) is 0 Å². The molecule has 1 aromatic rings. The highest BCUT2D eigenvalue weighted by atomic mass is 16.4. The normalized spacial score (nSPS) is 16.3. The average Bonchev–Trinajstić information content (AvgIpc) is 3.19. The molecule has 1 aliphatic carbocycles. The highest BCUT2D eigenvalue weighted by Gasteiger charge is 2.29. The average molecular weight is 248 g/mol. The Balaban J connectivity index is 2.00. The molecule has 1 fully saturated rings. The zero-order valence-electron chi connectivity index (χ0n) is 10.7. The largest absolute Gasteiger partial charge is 0.480 e. The van der Waals surface area contributed by atoms with Crippen LogP contribution in [0.2, 0.25) is 0 Å². The molecule has 0 spiro atoms. The number of benzene rings is 1. The molecule has 0 aliphatic heterocycles. The zero-order valence-corrected chi connectivity index (χ0v) is 10.7. The van der Waals surface area contributed by atoms with Gasteiger partial charge in [0, 0.05) is 24.8 Å². The number of carbonyl (C=O) groups is 1. The number of likely N-dealkylation sites (N-methyl/N-ethyl adjacent to an activating group) is 1. The smallest absolute Gasteiger partial charge is 0.322 e. The molecule has 18 heavy (non-hydrogen) atoms. The fraction of sp³-hybridized carbons (Fsp3) is 0.500. The van der Waals surface area contributed by atoms with E-state index in [-0.39, 0.29) is 0 Å². The maximum absolute atomic E-state index is 11.3. The van der Waals surface area contributed by atoms with Crippen LogP contribution < -0.4 is 10.2 Å². The van der Waals surface area contributed by atoms with Gasteiger partial charge in [0.1, 0.15) is 6.04 Å². The fourth-order valence-electron chi connectivity index (χ4n) is 2.01. The number of anilines is 1. The summed E-state index contributed by atoms with van der Waals surface area (Å²) in [6, 6.07) is 9.86. The van der Waals surface area contributed by atoms with E-state index < -0.39 is 12.0 Å². The summed E-state index contributed by atoms with van der Waals surface area (Å²) in [6.07, 6.45) is 2.20. The molecule has 0 radical (unpaired) electrons. The Bertz CT molecular complexity index is 390. The fourth-order valence-corrected chi connectivity index (χ4v) is 2.01. The number of nitrogens with one attached hydrogen (secondary N) is 1. The third kappa shape index (κ3) is 3.47. The molecule has 1 unspecified atom stereocenters.